The molecule has 1 aromatic rings. The molecule has 0 radical (unpaired) electrons. The van der Waals surface area contributed by atoms with Crippen LogP contribution in [0.5, 0.6) is 0 Å². The summed E-state index contributed by atoms with van der Waals surface area (Å²) in [4.78, 5) is 0. The highest BCUT2D eigenvalue weighted by atomic mass is 79.9. The molecular weight excluding hydrogens is 269 g/mol. The van der Waals surface area contributed by atoms with Gasteiger partial charge in [0.15, 0.2) is 0 Å². The van der Waals surface area contributed by atoms with Gasteiger partial charge in [-0.05, 0) is 52.5 Å². The average molecular weight is 286 g/mol. The lowest BCUT2D eigenvalue weighted by Crippen LogP contribution is -2.21. The molecule has 0 aromatic heterocycles. The van der Waals surface area contributed by atoms with Gasteiger partial charge in [0.1, 0.15) is 5.82 Å². The van der Waals surface area contributed by atoms with Crippen LogP contribution in [0.1, 0.15) is 31.2 Å². The summed E-state index contributed by atoms with van der Waals surface area (Å²) < 4.78 is 13.5. The van der Waals surface area contributed by atoms with E-state index in [0.29, 0.717) is 4.47 Å². The molecule has 1 N–H and O–H groups in total. The fourth-order valence-electron chi connectivity index (χ4n) is 1.97. The molecule has 88 valence electrons. The summed E-state index contributed by atoms with van der Waals surface area (Å²) in [6.07, 6.45) is 5.51. The second-order valence-electron chi connectivity index (χ2n) is 4.51. The van der Waals surface area contributed by atoms with Gasteiger partial charge in [0.2, 0.25) is 0 Å². The van der Waals surface area contributed by atoms with Crippen LogP contribution in [-0.2, 0) is 6.54 Å². The molecule has 3 heteroatoms. The van der Waals surface area contributed by atoms with Crippen molar-refractivity contribution >= 4 is 15.9 Å². The molecule has 1 aromatic carbocycles. The Bertz CT molecular complexity index is 350. The van der Waals surface area contributed by atoms with Gasteiger partial charge in [-0.1, -0.05) is 25.3 Å². The maximum atomic E-state index is 13.0. The molecule has 1 saturated carbocycles. The highest BCUT2D eigenvalue weighted by Gasteiger charge is 2.16. The number of hydrogen-bond donors (Lipinski definition) is 1. The molecule has 0 aliphatic heterocycles. The van der Waals surface area contributed by atoms with E-state index in [1.807, 2.05) is 12.1 Å². The molecule has 0 atom stereocenters. The first-order valence-corrected chi connectivity index (χ1v) is 6.69. The van der Waals surface area contributed by atoms with Crippen molar-refractivity contribution in [2.45, 2.75) is 32.2 Å². The summed E-state index contributed by atoms with van der Waals surface area (Å²) in [6.45, 7) is 1.89. The van der Waals surface area contributed by atoms with E-state index in [2.05, 4.69) is 21.2 Å². The summed E-state index contributed by atoms with van der Waals surface area (Å²) in [7, 11) is 0. The smallest absolute Gasteiger partial charge is 0.137 e. The van der Waals surface area contributed by atoms with Gasteiger partial charge in [-0.2, -0.15) is 0 Å². The van der Waals surface area contributed by atoms with Crippen LogP contribution in [0.25, 0.3) is 0 Å². The van der Waals surface area contributed by atoms with Gasteiger partial charge in [-0.25, -0.2) is 4.39 Å². The normalized spacial score (nSPS) is 16.1. The van der Waals surface area contributed by atoms with Gasteiger partial charge in [-0.15, -0.1) is 0 Å². The quantitative estimate of drug-likeness (QED) is 0.810. The molecule has 16 heavy (non-hydrogen) atoms. The highest BCUT2D eigenvalue weighted by Crippen LogP contribution is 2.28. The number of hydrogen-bond acceptors (Lipinski definition) is 1. The van der Waals surface area contributed by atoms with E-state index < -0.39 is 0 Å². The number of halogens is 2. The lowest BCUT2D eigenvalue weighted by molar-refractivity contribution is 0.292. The average Bonchev–Trinajstić information content (AvgIpc) is 2.20. The minimum absolute atomic E-state index is 0.196. The van der Waals surface area contributed by atoms with Crippen molar-refractivity contribution in [2.75, 3.05) is 6.54 Å². The molecule has 2 rings (SSSR count). The van der Waals surface area contributed by atoms with E-state index in [0.717, 1.165) is 24.6 Å². The van der Waals surface area contributed by atoms with Gasteiger partial charge in [-0.3, -0.25) is 0 Å². The third kappa shape index (κ3) is 3.29. The molecule has 0 heterocycles. The van der Waals surface area contributed by atoms with Crippen molar-refractivity contribution in [1.82, 2.24) is 5.32 Å². The summed E-state index contributed by atoms with van der Waals surface area (Å²) in [5.41, 5.74) is 1.13. The van der Waals surface area contributed by atoms with Crippen LogP contribution in [-0.4, -0.2) is 6.54 Å². The molecule has 0 unspecified atom stereocenters. The lowest BCUT2D eigenvalue weighted by atomic mass is 9.83. The molecule has 1 nitrogen and oxygen atoms in total. The first-order chi connectivity index (χ1) is 7.75. The number of benzene rings is 1. The topological polar surface area (TPSA) is 12.0 Å². The molecule has 0 spiro atoms. The molecule has 0 amide bonds. The first kappa shape index (κ1) is 12.1. The van der Waals surface area contributed by atoms with Crippen LogP contribution < -0.4 is 5.32 Å². The Kier molecular flexibility index (Phi) is 4.36. The second-order valence-corrected chi connectivity index (χ2v) is 5.37. The maximum Gasteiger partial charge on any atom is 0.137 e. The second kappa shape index (κ2) is 5.78. The van der Waals surface area contributed by atoms with Gasteiger partial charge in [0, 0.05) is 6.54 Å². The largest absolute Gasteiger partial charge is 0.313 e. The van der Waals surface area contributed by atoms with E-state index in [1.54, 1.807) is 0 Å². The van der Waals surface area contributed by atoms with E-state index in [1.165, 1.54) is 31.7 Å². The van der Waals surface area contributed by atoms with Crippen molar-refractivity contribution in [3.63, 3.8) is 0 Å². The van der Waals surface area contributed by atoms with Gasteiger partial charge < -0.3 is 5.32 Å². The predicted molar refractivity (Wildman–Crippen MR) is 67.8 cm³/mol. The predicted octanol–water partition coefficient (Wildman–Crippen LogP) is 3.87. The Balaban J connectivity index is 1.69. The number of nitrogens with one attached hydrogen (secondary N) is 1. The zero-order valence-corrected chi connectivity index (χ0v) is 10.9. The minimum Gasteiger partial charge on any atom is -0.313 e. The molecule has 1 fully saturated rings. The van der Waals surface area contributed by atoms with Crippen molar-refractivity contribution < 1.29 is 4.39 Å². The van der Waals surface area contributed by atoms with Crippen LogP contribution in [0.3, 0.4) is 0 Å². The Morgan fingerprint density at radius 3 is 2.81 bits per heavy atom. The Hall–Kier alpha value is -0.410. The number of rotatable bonds is 5. The summed E-state index contributed by atoms with van der Waals surface area (Å²) in [5.74, 6) is 0.755. The van der Waals surface area contributed by atoms with Gasteiger partial charge in [0.05, 0.1) is 4.47 Å². The summed E-state index contributed by atoms with van der Waals surface area (Å²) >= 11 is 3.20. The van der Waals surface area contributed by atoms with Crippen LogP contribution in [0.15, 0.2) is 22.7 Å². The first-order valence-electron chi connectivity index (χ1n) is 5.90. The Morgan fingerprint density at radius 1 is 1.38 bits per heavy atom. The van der Waals surface area contributed by atoms with Crippen LogP contribution in [0.4, 0.5) is 4.39 Å². The van der Waals surface area contributed by atoms with E-state index in [9.17, 15) is 4.39 Å². The van der Waals surface area contributed by atoms with Crippen molar-refractivity contribution in [3.05, 3.63) is 34.1 Å². The third-order valence-corrected chi connectivity index (χ3v) is 3.87. The highest BCUT2D eigenvalue weighted by molar-refractivity contribution is 9.10. The minimum atomic E-state index is -0.196. The maximum absolute atomic E-state index is 13.0. The standard InChI is InChI=1S/C13H17BrFN/c14-12-8-11(4-5-13(12)15)9-16-7-6-10-2-1-3-10/h4-5,8,10,16H,1-3,6-7,9H2. The molecule has 0 saturated heterocycles. The summed E-state index contributed by atoms with van der Waals surface area (Å²) in [6, 6.07) is 5.18. The van der Waals surface area contributed by atoms with Crippen molar-refractivity contribution in [1.29, 1.82) is 0 Å². The van der Waals surface area contributed by atoms with Crippen molar-refractivity contribution in [2.24, 2.45) is 5.92 Å². The lowest BCUT2D eigenvalue weighted by Gasteiger charge is -2.25. The molecular formula is C13H17BrFN. The fraction of sp³-hybridized carbons (Fsp3) is 0.538. The third-order valence-electron chi connectivity index (χ3n) is 3.27. The zero-order valence-electron chi connectivity index (χ0n) is 9.31. The van der Waals surface area contributed by atoms with Crippen molar-refractivity contribution in [3.8, 4) is 0 Å². The van der Waals surface area contributed by atoms with Gasteiger partial charge in [0.25, 0.3) is 0 Å². The summed E-state index contributed by atoms with van der Waals surface area (Å²) in [5, 5.41) is 3.40. The van der Waals surface area contributed by atoms with E-state index in [-0.39, 0.29) is 5.82 Å². The Morgan fingerprint density at radius 2 is 2.19 bits per heavy atom. The van der Waals surface area contributed by atoms with E-state index in [4.69, 9.17) is 0 Å². The van der Waals surface area contributed by atoms with Gasteiger partial charge >= 0.3 is 0 Å². The van der Waals surface area contributed by atoms with Crippen LogP contribution in [0.2, 0.25) is 0 Å². The zero-order chi connectivity index (χ0) is 11.4. The van der Waals surface area contributed by atoms with Crippen LogP contribution >= 0.6 is 15.9 Å². The fourth-order valence-corrected chi connectivity index (χ4v) is 2.40. The monoisotopic (exact) mass is 285 g/mol. The SMILES string of the molecule is Fc1ccc(CNCCC2CCC2)cc1Br. The molecule has 0 bridgehead atoms. The molecule has 1 aliphatic carbocycles. The van der Waals surface area contributed by atoms with E-state index >= 15 is 0 Å². The Labute approximate surface area is 105 Å². The molecule has 1 aliphatic rings. The van der Waals surface area contributed by atoms with Crippen LogP contribution in [0, 0.1) is 11.7 Å².